The third-order valence-electron chi connectivity index (χ3n) is 3.92. The molecule has 0 unspecified atom stereocenters. The van der Waals surface area contributed by atoms with Crippen molar-refractivity contribution in [2.24, 2.45) is 0 Å². The van der Waals surface area contributed by atoms with E-state index in [2.05, 4.69) is 4.98 Å². The zero-order valence-corrected chi connectivity index (χ0v) is 16.4. The Bertz CT molecular complexity index is 833. The molecule has 0 bridgehead atoms. The number of hydrogen-bond acceptors (Lipinski definition) is 7. The van der Waals surface area contributed by atoms with Gasteiger partial charge in [-0.15, -0.1) is 11.3 Å². The fraction of sp³-hybridized carbons (Fsp3) is 0.421. The summed E-state index contributed by atoms with van der Waals surface area (Å²) in [7, 11) is 1.66. The van der Waals surface area contributed by atoms with Crippen LogP contribution in [0.4, 0.5) is 5.69 Å². The number of carbonyl (C=O) groups is 2. The van der Waals surface area contributed by atoms with Crippen molar-refractivity contribution in [1.29, 1.82) is 0 Å². The Balaban J connectivity index is 1.86. The van der Waals surface area contributed by atoms with Crippen LogP contribution in [0.5, 0.6) is 5.75 Å². The molecule has 7 nitrogen and oxygen atoms in total. The number of fused-ring (bicyclic) bond motifs is 1. The number of rotatable bonds is 7. The van der Waals surface area contributed by atoms with E-state index in [4.69, 9.17) is 14.2 Å². The fourth-order valence-electron chi connectivity index (χ4n) is 2.71. The first-order chi connectivity index (χ1) is 13.0. The first-order valence-corrected chi connectivity index (χ1v) is 9.56. The summed E-state index contributed by atoms with van der Waals surface area (Å²) in [6.07, 6.45) is 0.515. The molecular weight excluding hydrogens is 368 g/mol. The maximum absolute atomic E-state index is 12.3. The number of aromatic nitrogens is 1. The zero-order chi connectivity index (χ0) is 19.4. The van der Waals surface area contributed by atoms with Crippen molar-refractivity contribution in [2.45, 2.75) is 26.4 Å². The van der Waals surface area contributed by atoms with Crippen LogP contribution in [0.1, 0.15) is 18.9 Å². The Morgan fingerprint density at radius 1 is 1.41 bits per heavy atom. The highest BCUT2D eigenvalue weighted by Crippen LogP contribution is 2.36. The zero-order valence-electron chi connectivity index (χ0n) is 15.6. The minimum atomic E-state index is -0.452. The van der Waals surface area contributed by atoms with Crippen molar-refractivity contribution in [3.8, 4) is 17.0 Å². The highest BCUT2D eigenvalue weighted by Gasteiger charge is 2.28. The number of benzene rings is 1. The van der Waals surface area contributed by atoms with E-state index in [-0.39, 0.29) is 25.2 Å². The van der Waals surface area contributed by atoms with Crippen LogP contribution in [0.3, 0.4) is 0 Å². The molecule has 2 aromatic rings. The van der Waals surface area contributed by atoms with Gasteiger partial charge in [-0.05, 0) is 32.0 Å². The van der Waals surface area contributed by atoms with Crippen molar-refractivity contribution >= 4 is 28.9 Å². The molecule has 27 heavy (non-hydrogen) atoms. The van der Waals surface area contributed by atoms with Gasteiger partial charge in [-0.25, -0.2) is 4.98 Å². The minimum Gasteiger partial charge on any atom is -0.482 e. The van der Waals surface area contributed by atoms with Gasteiger partial charge in [0.2, 0.25) is 0 Å². The van der Waals surface area contributed by atoms with Crippen molar-refractivity contribution in [1.82, 2.24) is 4.98 Å². The quantitative estimate of drug-likeness (QED) is 0.677. The predicted octanol–water partition coefficient (Wildman–Crippen LogP) is 2.68. The highest BCUT2D eigenvalue weighted by molar-refractivity contribution is 7.09. The lowest BCUT2D eigenvalue weighted by atomic mass is 10.1. The van der Waals surface area contributed by atoms with Gasteiger partial charge >= 0.3 is 5.97 Å². The van der Waals surface area contributed by atoms with E-state index in [1.807, 2.05) is 17.5 Å². The van der Waals surface area contributed by atoms with Gasteiger partial charge in [-0.1, -0.05) is 0 Å². The molecule has 1 aromatic heterocycles. The van der Waals surface area contributed by atoms with Crippen LogP contribution in [0.2, 0.25) is 0 Å². The van der Waals surface area contributed by atoms with Crippen LogP contribution in [0.25, 0.3) is 11.3 Å². The normalized spacial score (nSPS) is 13.5. The van der Waals surface area contributed by atoms with Gasteiger partial charge in [0, 0.05) is 24.5 Å². The van der Waals surface area contributed by atoms with Crippen molar-refractivity contribution in [3.63, 3.8) is 0 Å². The van der Waals surface area contributed by atoms with E-state index in [1.54, 1.807) is 38.4 Å². The number of ether oxygens (including phenoxy) is 3. The molecule has 0 spiro atoms. The molecule has 3 rings (SSSR count). The van der Waals surface area contributed by atoms with Crippen LogP contribution in [0, 0.1) is 0 Å². The lowest BCUT2D eigenvalue weighted by Crippen LogP contribution is -2.42. The second kappa shape index (κ2) is 8.49. The van der Waals surface area contributed by atoms with Gasteiger partial charge < -0.3 is 14.2 Å². The third-order valence-corrected chi connectivity index (χ3v) is 4.83. The van der Waals surface area contributed by atoms with Gasteiger partial charge in [0.05, 0.1) is 29.1 Å². The third kappa shape index (κ3) is 4.64. The molecule has 1 aromatic carbocycles. The van der Waals surface area contributed by atoms with E-state index in [0.717, 1.165) is 22.7 Å². The minimum absolute atomic E-state index is 0.0980. The van der Waals surface area contributed by atoms with Gasteiger partial charge in [0.15, 0.2) is 6.61 Å². The average molecular weight is 390 g/mol. The van der Waals surface area contributed by atoms with Gasteiger partial charge in [0.25, 0.3) is 5.91 Å². The lowest BCUT2D eigenvalue weighted by molar-refractivity contribution is -0.146. The lowest BCUT2D eigenvalue weighted by Gasteiger charge is -2.29. The van der Waals surface area contributed by atoms with E-state index in [1.165, 1.54) is 4.90 Å². The van der Waals surface area contributed by atoms with Crippen molar-refractivity contribution in [2.75, 3.05) is 31.8 Å². The number of anilines is 1. The molecule has 2 heterocycles. The Morgan fingerprint density at radius 2 is 2.22 bits per heavy atom. The number of methoxy groups -OCH3 is 1. The summed E-state index contributed by atoms with van der Waals surface area (Å²) >= 11 is 1.56. The van der Waals surface area contributed by atoms with E-state index < -0.39 is 5.97 Å². The molecule has 8 heteroatoms. The molecule has 0 radical (unpaired) electrons. The molecule has 1 aliphatic rings. The molecule has 0 N–H and O–H groups in total. The van der Waals surface area contributed by atoms with E-state index >= 15 is 0 Å². The Hall–Kier alpha value is -2.45. The molecule has 144 valence electrons. The molecular formula is C19H22N2O5S. The van der Waals surface area contributed by atoms with E-state index in [0.29, 0.717) is 18.0 Å². The van der Waals surface area contributed by atoms with Crippen molar-refractivity contribution in [3.05, 3.63) is 28.6 Å². The Morgan fingerprint density at radius 3 is 2.96 bits per heavy atom. The summed E-state index contributed by atoms with van der Waals surface area (Å²) in [5, 5.41) is 2.95. The van der Waals surface area contributed by atoms with Gasteiger partial charge in [0.1, 0.15) is 12.3 Å². The molecule has 1 aliphatic heterocycles. The summed E-state index contributed by atoms with van der Waals surface area (Å²) in [6.45, 7) is 3.92. The topological polar surface area (TPSA) is 78.0 Å². The van der Waals surface area contributed by atoms with Gasteiger partial charge in [-0.2, -0.15) is 0 Å². The summed E-state index contributed by atoms with van der Waals surface area (Å²) < 4.78 is 15.8. The molecule has 0 atom stereocenters. The summed E-state index contributed by atoms with van der Waals surface area (Å²) in [5.74, 6) is -0.169. The number of hydrogen-bond donors (Lipinski definition) is 0. The maximum atomic E-state index is 12.3. The van der Waals surface area contributed by atoms with Crippen LogP contribution in [-0.2, 0) is 25.5 Å². The van der Waals surface area contributed by atoms with Crippen LogP contribution in [0.15, 0.2) is 23.6 Å². The summed E-state index contributed by atoms with van der Waals surface area (Å²) in [5.41, 5.74) is 2.22. The number of thiazole rings is 1. The van der Waals surface area contributed by atoms with E-state index in [9.17, 15) is 9.59 Å². The Labute approximate surface area is 161 Å². The van der Waals surface area contributed by atoms with Crippen LogP contribution < -0.4 is 9.64 Å². The monoisotopic (exact) mass is 390 g/mol. The number of esters is 1. The fourth-order valence-corrected chi connectivity index (χ4v) is 3.50. The SMILES string of the molecule is COCCc1nc(-c2ccc3c(c2)N(CC(=O)OC(C)C)C(=O)CO3)cs1. The molecule has 0 fully saturated rings. The Kier molecular flexibility index (Phi) is 6.08. The number of amides is 1. The number of nitrogens with zero attached hydrogens (tertiary/aromatic N) is 2. The summed E-state index contributed by atoms with van der Waals surface area (Å²) in [6, 6.07) is 5.52. The summed E-state index contributed by atoms with van der Waals surface area (Å²) in [4.78, 5) is 30.4. The van der Waals surface area contributed by atoms with Crippen molar-refractivity contribution < 1.29 is 23.8 Å². The predicted molar refractivity (Wildman–Crippen MR) is 102 cm³/mol. The second-order valence-corrected chi connectivity index (χ2v) is 7.30. The maximum Gasteiger partial charge on any atom is 0.326 e. The second-order valence-electron chi connectivity index (χ2n) is 6.36. The first-order valence-electron chi connectivity index (χ1n) is 8.68. The molecule has 0 aliphatic carbocycles. The number of carbonyl (C=O) groups excluding carboxylic acids is 2. The molecule has 0 saturated carbocycles. The first kappa shape index (κ1) is 19.3. The highest BCUT2D eigenvalue weighted by atomic mass is 32.1. The van der Waals surface area contributed by atoms with Crippen LogP contribution in [-0.4, -0.2) is 49.8 Å². The molecule has 1 amide bonds. The smallest absolute Gasteiger partial charge is 0.326 e. The largest absolute Gasteiger partial charge is 0.482 e. The molecule has 0 saturated heterocycles. The van der Waals surface area contributed by atoms with Gasteiger partial charge in [-0.3, -0.25) is 14.5 Å². The average Bonchev–Trinajstić information content (AvgIpc) is 3.10. The standard InChI is InChI=1S/C19H22N2O5S/c1-12(2)26-19(23)9-21-15-8-13(4-5-16(15)25-10-18(21)22)14-11-27-17(20-14)6-7-24-3/h4-5,8,11-12H,6-7,9-10H2,1-3H3. The van der Waals surface area contributed by atoms with Crippen LogP contribution >= 0.6 is 11.3 Å².